The van der Waals surface area contributed by atoms with Gasteiger partial charge in [0.05, 0.1) is 0 Å². The van der Waals surface area contributed by atoms with E-state index in [9.17, 15) is 9.90 Å². The van der Waals surface area contributed by atoms with Crippen molar-refractivity contribution >= 4 is 11.6 Å². The summed E-state index contributed by atoms with van der Waals surface area (Å²) in [6, 6.07) is 7.95. The highest BCUT2D eigenvalue weighted by molar-refractivity contribution is 6.31. The van der Waals surface area contributed by atoms with Crippen LogP contribution in [0.25, 0.3) is 11.1 Å². The second-order valence-electron chi connectivity index (χ2n) is 3.84. The number of H-pyrrole nitrogens is 1. The molecule has 5 heteroatoms. The summed E-state index contributed by atoms with van der Waals surface area (Å²) in [6.07, 6.45) is 0. The summed E-state index contributed by atoms with van der Waals surface area (Å²) in [5.74, 6) is -0.0269. The van der Waals surface area contributed by atoms with E-state index in [0.29, 0.717) is 21.8 Å². The molecule has 2 rings (SSSR count). The van der Waals surface area contributed by atoms with Crippen LogP contribution in [0, 0.1) is 18.3 Å². The van der Waals surface area contributed by atoms with Crippen molar-refractivity contribution in [3.8, 4) is 22.9 Å². The lowest BCUT2D eigenvalue weighted by atomic mass is 10.0. The number of aromatic nitrogens is 1. The number of hydrogen-bond acceptors (Lipinski definition) is 3. The molecule has 0 unspecified atom stereocenters. The molecule has 18 heavy (non-hydrogen) atoms. The second-order valence-corrected chi connectivity index (χ2v) is 4.28. The Labute approximate surface area is 108 Å². The van der Waals surface area contributed by atoms with Gasteiger partial charge in [0.1, 0.15) is 17.4 Å². The molecule has 4 nitrogen and oxygen atoms in total. The Morgan fingerprint density at radius 3 is 2.72 bits per heavy atom. The summed E-state index contributed by atoms with van der Waals surface area (Å²) in [7, 11) is 0. The zero-order valence-electron chi connectivity index (χ0n) is 9.49. The Bertz CT molecular complexity index is 714. The lowest BCUT2D eigenvalue weighted by Crippen LogP contribution is -2.12. The van der Waals surface area contributed by atoms with Gasteiger partial charge in [0.15, 0.2) is 0 Å². The van der Waals surface area contributed by atoms with Crippen LogP contribution in [0.2, 0.25) is 5.02 Å². The number of benzene rings is 1. The number of phenolic OH excluding ortho intramolecular Hbond substituents is 1. The molecular formula is C13H9ClN2O2. The van der Waals surface area contributed by atoms with E-state index in [1.54, 1.807) is 13.0 Å². The number of nitrogens with zero attached hydrogens (tertiary/aromatic N) is 1. The summed E-state index contributed by atoms with van der Waals surface area (Å²) in [4.78, 5) is 14.2. The van der Waals surface area contributed by atoms with Crippen LogP contribution in [-0.4, -0.2) is 10.1 Å². The molecular weight excluding hydrogens is 252 g/mol. The summed E-state index contributed by atoms with van der Waals surface area (Å²) in [5.41, 5.74) is 0.824. The number of rotatable bonds is 1. The molecule has 0 radical (unpaired) electrons. The van der Waals surface area contributed by atoms with Crippen molar-refractivity contribution in [3.05, 3.63) is 50.9 Å². The zero-order valence-corrected chi connectivity index (χ0v) is 10.2. The van der Waals surface area contributed by atoms with Crippen molar-refractivity contribution in [2.75, 3.05) is 0 Å². The predicted molar refractivity (Wildman–Crippen MR) is 68.6 cm³/mol. The van der Waals surface area contributed by atoms with Crippen molar-refractivity contribution in [2.24, 2.45) is 0 Å². The van der Waals surface area contributed by atoms with Crippen LogP contribution >= 0.6 is 11.6 Å². The molecule has 2 N–H and O–H groups in total. The topological polar surface area (TPSA) is 76.9 Å². The molecule has 0 saturated heterocycles. The number of aromatic amines is 1. The summed E-state index contributed by atoms with van der Waals surface area (Å²) >= 11 is 5.86. The molecule has 1 heterocycles. The predicted octanol–water partition coefficient (Wildman–Crippen LogP) is 2.58. The molecule has 0 bridgehead atoms. The van der Waals surface area contributed by atoms with Crippen molar-refractivity contribution in [1.82, 2.24) is 4.98 Å². The van der Waals surface area contributed by atoms with Crippen molar-refractivity contribution < 1.29 is 5.11 Å². The van der Waals surface area contributed by atoms with Crippen LogP contribution in [-0.2, 0) is 0 Å². The summed E-state index contributed by atoms with van der Waals surface area (Å²) < 4.78 is 0. The second kappa shape index (κ2) is 4.55. The normalized spacial score (nSPS) is 10.1. The summed E-state index contributed by atoms with van der Waals surface area (Å²) in [5, 5.41) is 19.3. The van der Waals surface area contributed by atoms with Crippen LogP contribution in [0.1, 0.15) is 11.3 Å². The first-order valence-electron chi connectivity index (χ1n) is 5.16. The van der Waals surface area contributed by atoms with Gasteiger partial charge in [-0.25, -0.2) is 0 Å². The highest BCUT2D eigenvalue weighted by Gasteiger charge is 2.13. The highest BCUT2D eigenvalue weighted by atomic mass is 35.5. The molecule has 1 aromatic carbocycles. The number of aryl methyl sites for hydroxylation is 1. The first-order chi connectivity index (χ1) is 8.52. The quantitative estimate of drug-likeness (QED) is 0.827. The zero-order chi connectivity index (χ0) is 13.3. The fraction of sp³-hybridized carbons (Fsp3) is 0.0769. The molecule has 0 fully saturated rings. The molecule has 90 valence electrons. The Morgan fingerprint density at radius 1 is 1.33 bits per heavy atom. The van der Waals surface area contributed by atoms with Gasteiger partial charge < -0.3 is 10.1 Å². The molecule has 2 aromatic rings. The number of phenols is 1. The molecule has 0 atom stereocenters. The minimum atomic E-state index is -0.480. The number of aromatic hydroxyl groups is 1. The lowest BCUT2D eigenvalue weighted by Gasteiger charge is -2.08. The third-order valence-electron chi connectivity index (χ3n) is 2.53. The van der Waals surface area contributed by atoms with Crippen LogP contribution < -0.4 is 5.56 Å². The maximum Gasteiger partial charge on any atom is 0.266 e. The van der Waals surface area contributed by atoms with Crippen molar-refractivity contribution in [2.45, 2.75) is 6.92 Å². The average Bonchev–Trinajstić information content (AvgIpc) is 2.31. The minimum absolute atomic E-state index is 0.0269. The van der Waals surface area contributed by atoms with Gasteiger partial charge in [-0.1, -0.05) is 11.6 Å². The number of pyridine rings is 1. The van der Waals surface area contributed by atoms with E-state index in [2.05, 4.69) is 4.98 Å². The Kier molecular flexibility index (Phi) is 3.09. The third kappa shape index (κ3) is 2.08. The Morgan fingerprint density at radius 2 is 2.06 bits per heavy atom. The van der Waals surface area contributed by atoms with Crippen LogP contribution in [0.5, 0.6) is 5.75 Å². The first-order valence-corrected chi connectivity index (χ1v) is 5.53. The number of nitrogens with one attached hydrogen (secondary N) is 1. The fourth-order valence-electron chi connectivity index (χ4n) is 1.74. The van der Waals surface area contributed by atoms with Crippen molar-refractivity contribution in [3.63, 3.8) is 0 Å². The van der Waals surface area contributed by atoms with E-state index < -0.39 is 5.56 Å². The molecule has 0 aliphatic carbocycles. The molecule has 0 saturated carbocycles. The standard InChI is InChI=1S/C13H9ClN2O2/c1-7-4-9(11(6-15)13(18)16-7)10-5-8(14)2-3-12(10)17/h2-5,17H,1H3,(H,16,18). The monoisotopic (exact) mass is 260 g/mol. The van der Waals surface area contributed by atoms with Gasteiger partial charge in [-0.15, -0.1) is 0 Å². The Balaban J connectivity index is 2.83. The van der Waals surface area contributed by atoms with E-state index in [1.807, 2.05) is 6.07 Å². The maximum absolute atomic E-state index is 11.7. The first kappa shape index (κ1) is 12.2. The van der Waals surface area contributed by atoms with E-state index >= 15 is 0 Å². The van der Waals surface area contributed by atoms with Gasteiger partial charge in [-0.3, -0.25) is 4.79 Å². The molecule has 0 spiro atoms. The summed E-state index contributed by atoms with van der Waals surface area (Å²) in [6.45, 7) is 1.70. The van der Waals surface area contributed by atoms with Gasteiger partial charge in [0.2, 0.25) is 0 Å². The van der Waals surface area contributed by atoms with Gasteiger partial charge in [0, 0.05) is 21.8 Å². The molecule has 0 aliphatic rings. The minimum Gasteiger partial charge on any atom is -0.507 e. The molecule has 0 aliphatic heterocycles. The van der Waals surface area contributed by atoms with Crippen LogP contribution in [0.3, 0.4) is 0 Å². The molecule has 1 aromatic heterocycles. The van der Waals surface area contributed by atoms with E-state index in [1.165, 1.54) is 18.2 Å². The lowest BCUT2D eigenvalue weighted by molar-refractivity contribution is 0.477. The largest absolute Gasteiger partial charge is 0.507 e. The number of halogens is 1. The SMILES string of the molecule is Cc1cc(-c2cc(Cl)ccc2O)c(C#N)c(=O)[nH]1. The van der Waals surface area contributed by atoms with E-state index in [0.717, 1.165) is 0 Å². The maximum atomic E-state index is 11.7. The van der Waals surface area contributed by atoms with Gasteiger partial charge in [-0.05, 0) is 31.2 Å². The van der Waals surface area contributed by atoms with Crippen molar-refractivity contribution in [1.29, 1.82) is 5.26 Å². The number of nitriles is 1. The van der Waals surface area contributed by atoms with E-state index in [-0.39, 0.29) is 11.3 Å². The Hall–Kier alpha value is -2.25. The van der Waals surface area contributed by atoms with Crippen LogP contribution in [0.4, 0.5) is 0 Å². The van der Waals surface area contributed by atoms with Gasteiger partial charge >= 0.3 is 0 Å². The van der Waals surface area contributed by atoms with Gasteiger partial charge in [0.25, 0.3) is 5.56 Å². The third-order valence-corrected chi connectivity index (χ3v) is 2.76. The van der Waals surface area contributed by atoms with E-state index in [4.69, 9.17) is 16.9 Å². The highest BCUT2D eigenvalue weighted by Crippen LogP contribution is 2.32. The van der Waals surface area contributed by atoms with Crippen LogP contribution in [0.15, 0.2) is 29.1 Å². The fourth-order valence-corrected chi connectivity index (χ4v) is 1.91. The smallest absolute Gasteiger partial charge is 0.266 e. The molecule has 0 amide bonds. The van der Waals surface area contributed by atoms with Gasteiger partial charge in [-0.2, -0.15) is 5.26 Å². The number of hydrogen-bond donors (Lipinski definition) is 2. The average molecular weight is 261 g/mol.